The molecule has 84 valence electrons. The SMILES string of the molecule is CCCC(C)COc1ccc(N)cc1C. The van der Waals surface area contributed by atoms with Gasteiger partial charge < -0.3 is 10.5 Å². The van der Waals surface area contributed by atoms with Crippen LogP contribution in [0.2, 0.25) is 0 Å². The largest absolute Gasteiger partial charge is 0.493 e. The van der Waals surface area contributed by atoms with E-state index in [0.717, 1.165) is 23.6 Å². The van der Waals surface area contributed by atoms with Gasteiger partial charge in [0.1, 0.15) is 5.75 Å². The van der Waals surface area contributed by atoms with E-state index in [1.54, 1.807) is 0 Å². The Kier molecular flexibility index (Phi) is 4.47. The van der Waals surface area contributed by atoms with Gasteiger partial charge in [-0.15, -0.1) is 0 Å². The van der Waals surface area contributed by atoms with Crippen LogP contribution in [0.5, 0.6) is 5.75 Å². The Labute approximate surface area is 92.4 Å². The molecule has 2 nitrogen and oxygen atoms in total. The fraction of sp³-hybridized carbons (Fsp3) is 0.538. The van der Waals surface area contributed by atoms with Crippen molar-refractivity contribution in [3.8, 4) is 5.75 Å². The molecule has 0 aromatic heterocycles. The maximum absolute atomic E-state index is 5.75. The lowest BCUT2D eigenvalue weighted by Gasteiger charge is -2.13. The molecule has 1 aromatic rings. The van der Waals surface area contributed by atoms with Crippen molar-refractivity contribution in [2.24, 2.45) is 5.92 Å². The van der Waals surface area contributed by atoms with Gasteiger partial charge in [-0.2, -0.15) is 0 Å². The molecule has 0 bridgehead atoms. The van der Waals surface area contributed by atoms with Gasteiger partial charge in [0.25, 0.3) is 0 Å². The zero-order chi connectivity index (χ0) is 11.3. The normalized spacial score (nSPS) is 12.5. The maximum atomic E-state index is 5.75. The molecule has 2 heteroatoms. The molecule has 1 unspecified atom stereocenters. The van der Waals surface area contributed by atoms with Crippen molar-refractivity contribution in [3.05, 3.63) is 23.8 Å². The number of ether oxygens (including phenoxy) is 1. The van der Waals surface area contributed by atoms with Crippen molar-refractivity contribution in [2.75, 3.05) is 12.3 Å². The van der Waals surface area contributed by atoms with E-state index in [0.29, 0.717) is 5.92 Å². The molecule has 0 aliphatic carbocycles. The highest BCUT2D eigenvalue weighted by Gasteiger charge is 2.04. The summed E-state index contributed by atoms with van der Waals surface area (Å²) in [6.07, 6.45) is 2.43. The van der Waals surface area contributed by atoms with Gasteiger partial charge in [-0.3, -0.25) is 0 Å². The minimum Gasteiger partial charge on any atom is -0.493 e. The van der Waals surface area contributed by atoms with Gasteiger partial charge in [-0.25, -0.2) is 0 Å². The predicted molar refractivity (Wildman–Crippen MR) is 65.2 cm³/mol. The van der Waals surface area contributed by atoms with Crippen molar-refractivity contribution >= 4 is 5.69 Å². The predicted octanol–water partition coefficient (Wildman–Crippen LogP) is 3.39. The highest BCUT2D eigenvalue weighted by atomic mass is 16.5. The lowest BCUT2D eigenvalue weighted by atomic mass is 10.1. The van der Waals surface area contributed by atoms with E-state index in [-0.39, 0.29) is 0 Å². The molecule has 2 N–H and O–H groups in total. The molecule has 0 aliphatic heterocycles. The number of hydrogen-bond donors (Lipinski definition) is 1. The summed E-state index contributed by atoms with van der Waals surface area (Å²) in [5.41, 5.74) is 7.58. The van der Waals surface area contributed by atoms with Crippen LogP contribution >= 0.6 is 0 Å². The second-order valence-electron chi connectivity index (χ2n) is 4.23. The second-order valence-corrected chi connectivity index (χ2v) is 4.23. The minimum atomic E-state index is 0.618. The molecular formula is C13H21NO. The summed E-state index contributed by atoms with van der Waals surface area (Å²) in [5.74, 6) is 1.57. The Bertz CT molecular complexity index is 309. The van der Waals surface area contributed by atoms with Crippen LogP contribution in [0.4, 0.5) is 5.69 Å². The molecule has 0 saturated carbocycles. The molecule has 1 aromatic carbocycles. The first-order chi connectivity index (χ1) is 7.13. The van der Waals surface area contributed by atoms with Gasteiger partial charge in [-0.1, -0.05) is 20.3 Å². The van der Waals surface area contributed by atoms with Crippen LogP contribution in [-0.2, 0) is 0 Å². The van der Waals surface area contributed by atoms with Crippen molar-refractivity contribution in [1.29, 1.82) is 0 Å². The van der Waals surface area contributed by atoms with E-state index >= 15 is 0 Å². The van der Waals surface area contributed by atoms with E-state index in [1.165, 1.54) is 12.8 Å². The number of nitrogen functional groups attached to an aromatic ring is 1. The maximum Gasteiger partial charge on any atom is 0.122 e. The number of rotatable bonds is 5. The topological polar surface area (TPSA) is 35.2 Å². The molecule has 0 aliphatic rings. The molecular weight excluding hydrogens is 186 g/mol. The first-order valence-electron chi connectivity index (χ1n) is 5.62. The van der Waals surface area contributed by atoms with Crippen LogP contribution in [0.3, 0.4) is 0 Å². The van der Waals surface area contributed by atoms with E-state index in [9.17, 15) is 0 Å². The summed E-state index contributed by atoms with van der Waals surface area (Å²) < 4.78 is 5.75. The van der Waals surface area contributed by atoms with Crippen LogP contribution in [0.1, 0.15) is 32.3 Å². The summed E-state index contributed by atoms with van der Waals surface area (Å²) in [6, 6.07) is 5.77. The van der Waals surface area contributed by atoms with Crippen molar-refractivity contribution in [1.82, 2.24) is 0 Å². The fourth-order valence-corrected chi connectivity index (χ4v) is 1.64. The lowest BCUT2D eigenvalue weighted by Crippen LogP contribution is -2.08. The number of aryl methyl sites for hydroxylation is 1. The third-order valence-corrected chi connectivity index (χ3v) is 2.50. The zero-order valence-electron chi connectivity index (χ0n) is 9.92. The number of anilines is 1. The van der Waals surface area contributed by atoms with Gasteiger partial charge in [-0.05, 0) is 43.0 Å². The third-order valence-electron chi connectivity index (χ3n) is 2.50. The van der Waals surface area contributed by atoms with Crippen LogP contribution in [0.25, 0.3) is 0 Å². The molecule has 1 rings (SSSR count). The Balaban J connectivity index is 2.50. The lowest BCUT2D eigenvalue weighted by molar-refractivity contribution is 0.250. The van der Waals surface area contributed by atoms with Gasteiger partial charge >= 0.3 is 0 Å². The van der Waals surface area contributed by atoms with Gasteiger partial charge in [0.15, 0.2) is 0 Å². The van der Waals surface area contributed by atoms with Crippen molar-refractivity contribution < 1.29 is 4.74 Å². The fourth-order valence-electron chi connectivity index (χ4n) is 1.64. The molecule has 0 heterocycles. The monoisotopic (exact) mass is 207 g/mol. The van der Waals surface area contributed by atoms with Crippen molar-refractivity contribution in [2.45, 2.75) is 33.6 Å². The highest BCUT2D eigenvalue weighted by molar-refractivity contribution is 5.47. The third kappa shape index (κ3) is 3.82. The number of benzene rings is 1. The zero-order valence-corrected chi connectivity index (χ0v) is 9.92. The Morgan fingerprint density at radius 3 is 2.73 bits per heavy atom. The summed E-state index contributed by atoms with van der Waals surface area (Å²) in [4.78, 5) is 0. The summed E-state index contributed by atoms with van der Waals surface area (Å²) in [5, 5.41) is 0. The van der Waals surface area contributed by atoms with Crippen LogP contribution in [0, 0.1) is 12.8 Å². The Morgan fingerprint density at radius 2 is 2.13 bits per heavy atom. The molecule has 0 amide bonds. The first kappa shape index (κ1) is 11.9. The molecule has 0 saturated heterocycles. The highest BCUT2D eigenvalue weighted by Crippen LogP contribution is 2.21. The quantitative estimate of drug-likeness (QED) is 0.751. The minimum absolute atomic E-state index is 0.618. The van der Waals surface area contributed by atoms with Crippen molar-refractivity contribution in [3.63, 3.8) is 0 Å². The van der Waals surface area contributed by atoms with Gasteiger partial charge in [0.2, 0.25) is 0 Å². The molecule has 0 radical (unpaired) electrons. The first-order valence-corrected chi connectivity index (χ1v) is 5.62. The average Bonchev–Trinajstić information content (AvgIpc) is 2.17. The standard InChI is InChI=1S/C13H21NO/c1-4-5-10(2)9-15-13-7-6-12(14)8-11(13)3/h6-8,10H,4-5,9,14H2,1-3H3. The van der Waals surface area contributed by atoms with E-state index in [1.807, 2.05) is 25.1 Å². The van der Waals surface area contributed by atoms with E-state index < -0.39 is 0 Å². The average molecular weight is 207 g/mol. The molecule has 0 fully saturated rings. The summed E-state index contributed by atoms with van der Waals surface area (Å²) >= 11 is 0. The van der Waals surface area contributed by atoms with Gasteiger partial charge in [0.05, 0.1) is 6.61 Å². The van der Waals surface area contributed by atoms with E-state index in [2.05, 4.69) is 13.8 Å². The molecule has 15 heavy (non-hydrogen) atoms. The second kappa shape index (κ2) is 5.64. The number of hydrogen-bond acceptors (Lipinski definition) is 2. The van der Waals surface area contributed by atoms with Crippen LogP contribution < -0.4 is 10.5 Å². The summed E-state index contributed by atoms with van der Waals surface area (Å²) in [6.45, 7) is 7.23. The van der Waals surface area contributed by atoms with E-state index in [4.69, 9.17) is 10.5 Å². The Hall–Kier alpha value is -1.18. The van der Waals surface area contributed by atoms with Gasteiger partial charge in [0, 0.05) is 5.69 Å². The smallest absolute Gasteiger partial charge is 0.122 e. The van der Waals surface area contributed by atoms with Crippen LogP contribution in [-0.4, -0.2) is 6.61 Å². The Morgan fingerprint density at radius 1 is 1.40 bits per heavy atom. The molecule has 0 spiro atoms. The summed E-state index contributed by atoms with van der Waals surface area (Å²) in [7, 11) is 0. The van der Waals surface area contributed by atoms with Crippen LogP contribution in [0.15, 0.2) is 18.2 Å². The number of nitrogens with two attached hydrogens (primary N) is 1. The molecule has 1 atom stereocenters.